The summed E-state index contributed by atoms with van der Waals surface area (Å²) in [6.45, 7) is 4.19. The Morgan fingerprint density at radius 2 is 1.95 bits per heavy atom. The summed E-state index contributed by atoms with van der Waals surface area (Å²) in [6, 6.07) is 10.0. The molecule has 0 atom stereocenters. The highest BCUT2D eigenvalue weighted by Gasteiger charge is 2.10. The summed E-state index contributed by atoms with van der Waals surface area (Å²) in [5.74, 6) is -0.127. The number of amides is 1. The highest BCUT2D eigenvalue weighted by molar-refractivity contribution is 5.97. The lowest BCUT2D eigenvalue weighted by Gasteiger charge is -2.14. The van der Waals surface area contributed by atoms with Gasteiger partial charge in [-0.05, 0) is 25.0 Å². The zero-order chi connectivity index (χ0) is 13.0. The van der Waals surface area contributed by atoms with Gasteiger partial charge < -0.3 is 4.98 Å². The van der Waals surface area contributed by atoms with Crippen LogP contribution in [0.5, 0.6) is 0 Å². The fourth-order valence-corrected chi connectivity index (χ4v) is 1.92. The number of hydrogen-bond donors (Lipinski definition) is 3. The van der Waals surface area contributed by atoms with E-state index in [-0.39, 0.29) is 18.3 Å². The maximum atomic E-state index is 11.9. The molecule has 19 heavy (non-hydrogen) atoms. The molecule has 1 aromatic carbocycles. The number of para-hydroxylation sites is 1. The number of aromatic amines is 1. The molecule has 1 amide bonds. The average molecular weight is 282 g/mol. The second-order valence-corrected chi connectivity index (χ2v) is 4.38. The van der Waals surface area contributed by atoms with Crippen LogP contribution in [0.15, 0.2) is 30.3 Å². The van der Waals surface area contributed by atoms with E-state index >= 15 is 0 Å². The molecule has 0 spiro atoms. The third-order valence-electron chi connectivity index (χ3n) is 3.15. The average Bonchev–Trinajstić information content (AvgIpc) is 2.83. The summed E-state index contributed by atoms with van der Waals surface area (Å²) in [4.78, 5) is 15.0. The van der Waals surface area contributed by atoms with Crippen LogP contribution < -0.4 is 10.9 Å². The number of hydrogen-bond acceptors (Lipinski definition) is 2. The minimum Gasteiger partial charge on any atom is -0.350 e. The summed E-state index contributed by atoms with van der Waals surface area (Å²) in [7, 11) is 0. The second-order valence-electron chi connectivity index (χ2n) is 4.38. The van der Waals surface area contributed by atoms with Gasteiger partial charge in [0.15, 0.2) is 0 Å². The minimum atomic E-state index is -0.127. The smallest absolute Gasteiger partial charge is 0.281 e. The van der Waals surface area contributed by atoms with E-state index in [0.29, 0.717) is 11.7 Å². The first-order valence-corrected chi connectivity index (χ1v) is 6.38. The van der Waals surface area contributed by atoms with Crippen molar-refractivity contribution in [1.29, 1.82) is 0 Å². The molecule has 0 unspecified atom stereocenters. The summed E-state index contributed by atoms with van der Waals surface area (Å²) < 4.78 is 0. The maximum Gasteiger partial charge on any atom is 0.281 e. The van der Waals surface area contributed by atoms with Crippen molar-refractivity contribution in [2.75, 3.05) is 0 Å². The predicted molar refractivity (Wildman–Crippen MR) is 80.5 cm³/mol. The fourth-order valence-electron chi connectivity index (χ4n) is 1.92. The molecule has 5 heteroatoms. The van der Waals surface area contributed by atoms with Crippen molar-refractivity contribution in [2.24, 2.45) is 0 Å². The van der Waals surface area contributed by atoms with Crippen LogP contribution in [0.1, 0.15) is 37.2 Å². The number of H-pyrrole nitrogens is 1. The third-order valence-corrected chi connectivity index (χ3v) is 3.15. The summed E-state index contributed by atoms with van der Waals surface area (Å²) in [5.41, 5.74) is 7.34. The van der Waals surface area contributed by atoms with E-state index in [2.05, 4.69) is 29.7 Å². The van der Waals surface area contributed by atoms with Crippen LogP contribution in [-0.4, -0.2) is 16.9 Å². The van der Waals surface area contributed by atoms with E-state index in [0.717, 1.165) is 23.7 Å². The van der Waals surface area contributed by atoms with Gasteiger partial charge in [0, 0.05) is 16.9 Å². The lowest BCUT2D eigenvalue weighted by molar-refractivity contribution is 0.0919. The topological polar surface area (TPSA) is 56.9 Å². The fraction of sp³-hybridized carbons (Fsp3) is 0.357. The van der Waals surface area contributed by atoms with Crippen molar-refractivity contribution >= 4 is 29.2 Å². The normalized spacial score (nSPS) is 10.5. The van der Waals surface area contributed by atoms with E-state index in [1.165, 1.54) is 0 Å². The number of carbonyl (C=O) groups is 1. The molecular weight excluding hydrogens is 262 g/mol. The van der Waals surface area contributed by atoms with E-state index < -0.39 is 0 Å². The highest BCUT2D eigenvalue weighted by atomic mass is 35.5. The zero-order valence-corrected chi connectivity index (χ0v) is 12.0. The molecule has 0 fully saturated rings. The first-order chi connectivity index (χ1) is 8.74. The Hall–Kier alpha value is -1.52. The molecule has 3 N–H and O–H groups in total. The molecule has 0 saturated heterocycles. The van der Waals surface area contributed by atoms with Crippen molar-refractivity contribution < 1.29 is 4.79 Å². The van der Waals surface area contributed by atoms with Gasteiger partial charge in [-0.1, -0.05) is 32.0 Å². The molecule has 0 aliphatic carbocycles. The van der Waals surface area contributed by atoms with Crippen LogP contribution in [0.4, 0.5) is 0 Å². The van der Waals surface area contributed by atoms with E-state index in [4.69, 9.17) is 0 Å². The Morgan fingerprint density at radius 3 is 2.58 bits per heavy atom. The number of hydrazine groups is 1. The molecule has 104 valence electrons. The van der Waals surface area contributed by atoms with Crippen LogP contribution in [0.3, 0.4) is 0 Å². The van der Waals surface area contributed by atoms with Crippen molar-refractivity contribution in [3.8, 4) is 0 Å². The molecule has 4 nitrogen and oxygen atoms in total. The first-order valence-electron chi connectivity index (χ1n) is 6.38. The number of rotatable bonds is 5. The largest absolute Gasteiger partial charge is 0.350 e. The van der Waals surface area contributed by atoms with Crippen molar-refractivity contribution in [2.45, 2.75) is 32.7 Å². The van der Waals surface area contributed by atoms with Gasteiger partial charge in [0.1, 0.15) is 5.69 Å². The van der Waals surface area contributed by atoms with E-state index in [1.54, 1.807) is 0 Å². The number of aromatic nitrogens is 1. The Bertz CT molecular complexity index is 501. The van der Waals surface area contributed by atoms with Gasteiger partial charge in [0.25, 0.3) is 5.91 Å². The number of nitrogens with one attached hydrogen (secondary N) is 3. The number of fused-ring (bicyclic) bond motifs is 1. The van der Waals surface area contributed by atoms with Crippen LogP contribution >= 0.6 is 12.4 Å². The van der Waals surface area contributed by atoms with Gasteiger partial charge >= 0.3 is 0 Å². The quantitative estimate of drug-likeness (QED) is 0.738. The van der Waals surface area contributed by atoms with Crippen LogP contribution in [0.25, 0.3) is 10.9 Å². The molecule has 0 aliphatic rings. The van der Waals surface area contributed by atoms with Crippen molar-refractivity contribution in [3.05, 3.63) is 36.0 Å². The highest BCUT2D eigenvalue weighted by Crippen LogP contribution is 2.14. The molecule has 2 aromatic rings. The van der Waals surface area contributed by atoms with Crippen molar-refractivity contribution in [3.63, 3.8) is 0 Å². The maximum absolute atomic E-state index is 11.9. The zero-order valence-electron chi connectivity index (χ0n) is 11.2. The number of halogens is 1. The predicted octanol–water partition coefficient (Wildman–Crippen LogP) is 3.01. The van der Waals surface area contributed by atoms with Gasteiger partial charge in [-0.15, -0.1) is 12.4 Å². The lowest BCUT2D eigenvalue weighted by atomic mass is 10.2. The van der Waals surface area contributed by atoms with Gasteiger partial charge in [-0.25, -0.2) is 5.43 Å². The molecular formula is C14H20ClN3O. The second kappa shape index (κ2) is 7.16. The Labute approximate surface area is 119 Å². The van der Waals surface area contributed by atoms with Crippen LogP contribution in [-0.2, 0) is 0 Å². The third kappa shape index (κ3) is 3.72. The summed E-state index contributed by atoms with van der Waals surface area (Å²) in [6.07, 6.45) is 1.98. The molecule has 0 radical (unpaired) electrons. The van der Waals surface area contributed by atoms with Gasteiger partial charge in [0.05, 0.1) is 0 Å². The molecule has 2 rings (SSSR count). The molecule has 1 heterocycles. The Morgan fingerprint density at radius 1 is 1.26 bits per heavy atom. The standard InChI is InChI=1S/C14H19N3O.ClH/c1-3-11(4-2)16-17-14(18)13-9-10-7-5-6-8-12(10)15-13;/h5-9,11,15-16H,3-4H2,1-2H3,(H,17,18);1H. The summed E-state index contributed by atoms with van der Waals surface area (Å²) >= 11 is 0. The Kier molecular flexibility index (Phi) is 5.86. The Balaban J connectivity index is 0.00000180. The number of benzene rings is 1. The SMILES string of the molecule is CCC(CC)NNC(=O)c1cc2ccccc2[nH]1.Cl. The van der Waals surface area contributed by atoms with Gasteiger partial charge in [-0.3, -0.25) is 10.2 Å². The van der Waals surface area contributed by atoms with Gasteiger partial charge in [0.2, 0.25) is 0 Å². The van der Waals surface area contributed by atoms with E-state index in [1.807, 2.05) is 30.3 Å². The van der Waals surface area contributed by atoms with Gasteiger partial charge in [-0.2, -0.15) is 0 Å². The summed E-state index contributed by atoms with van der Waals surface area (Å²) in [5, 5.41) is 1.05. The lowest BCUT2D eigenvalue weighted by Crippen LogP contribution is -2.43. The number of carbonyl (C=O) groups excluding carboxylic acids is 1. The molecule has 0 bridgehead atoms. The first kappa shape index (κ1) is 15.5. The van der Waals surface area contributed by atoms with E-state index in [9.17, 15) is 4.79 Å². The monoisotopic (exact) mass is 281 g/mol. The minimum absolute atomic E-state index is 0. The molecule has 1 aromatic heterocycles. The van der Waals surface area contributed by atoms with Crippen molar-refractivity contribution in [1.82, 2.24) is 15.8 Å². The van der Waals surface area contributed by atoms with Crippen LogP contribution in [0, 0.1) is 0 Å². The van der Waals surface area contributed by atoms with Crippen LogP contribution in [0.2, 0.25) is 0 Å². The molecule has 0 aliphatic heterocycles. The molecule has 0 saturated carbocycles.